The molecule has 1 aromatic heterocycles. The molecule has 0 aliphatic carbocycles. The lowest BCUT2D eigenvalue weighted by atomic mass is 10.0. The van der Waals surface area contributed by atoms with E-state index in [9.17, 15) is 4.79 Å². The van der Waals surface area contributed by atoms with Gasteiger partial charge in [0.05, 0.1) is 17.6 Å². The van der Waals surface area contributed by atoms with E-state index in [2.05, 4.69) is 33.8 Å². The number of carbonyl (C=O) groups is 1. The summed E-state index contributed by atoms with van der Waals surface area (Å²) in [4.78, 5) is 12.9. The summed E-state index contributed by atoms with van der Waals surface area (Å²) < 4.78 is 1.80. The van der Waals surface area contributed by atoms with Crippen LogP contribution in [0.5, 0.6) is 0 Å². The zero-order chi connectivity index (χ0) is 23.5. The molecule has 0 radical (unpaired) electrons. The van der Waals surface area contributed by atoms with Crippen LogP contribution in [0.3, 0.4) is 0 Å². The van der Waals surface area contributed by atoms with Gasteiger partial charge in [0.1, 0.15) is 0 Å². The minimum atomic E-state index is -0.407. The highest BCUT2D eigenvalue weighted by Gasteiger charge is 2.18. The van der Waals surface area contributed by atoms with Crippen LogP contribution >= 0.6 is 11.6 Å². The minimum Gasteiger partial charge on any atom is -0.265 e. The number of nitrogens with zero attached hydrogens (tertiary/aromatic N) is 3. The first kappa shape index (κ1) is 21.6. The molecule has 0 saturated heterocycles. The first-order chi connectivity index (χ1) is 16.6. The van der Waals surface area contributed by atoms with E-state index in [4.69, 9.17) is 11.6 Å². The second kappa shape index (κ2) is 9.33. The third kappa shape index (κ3) is 4.34. The summed E-state index contributed by atoms with van der Waals surface area (Å²) in [5.41, 5.74) is 7.36. The van der Waals surface area contributed by atoms with Crippen LogP contribution in [0.2, 0.25) is 5.02 Å². The largest absolute Gasteiger partial charge is 0.291 e. The molecule has 0 fully saturated rings. The monoisotopic (exact) mass is 464 g/mol. The second-order valence-corrected chi connectivity index (χ2v) is 8.32. The molecular weight excluding hydrogens is 444 g/mol. The van der Waals surface area contributed by atoms with Crippen molar-refractivity contribution in [1.29, 1.82) is 0 Å². The Balaban J connectivity index is 1.55. The van der Waals surface area contributed by atoms with Crippen molar-refractivity contribution in [2.45, 2.75) is 6.92 Å². The third-order valence-electron chi connectivity index (χ3n) is 5.56. The van der Waals surface area contributed by atoms with Crippen LogP contribution in [0, 0.1) is 6.92 Å². The number of rotatable bonds is 5. The van der Waals surface area contributed by atoms with Gasteiger partial charge in [-0.25, -0.2) is 10.1 Å². The van der Waals surface area contributed by atoms with E-state index in [0.717, 1.165) is 33.3 Å². The average molecular weight is 465 g/mol. The normalized spacial score (nSPS) is 11.2. The summed E-state index contributed by atoms with van der Waals surface area (Å²) in [6, 6.07) is 31.4. The van der Waals surface area contributed by atoms with Crippen molar-refractivity contribution in [1.82, 2.24) is 15.2 Å². The lowest BCUT2D eigenvalue weighted by Crippen LogP contribution is -2.18. The molecule has 166 valence electrons. The van der Waals surface area contributed by atoms with Crippen molar-refractivity contribution < 1.29 is 4.79 Å². The van der Waals surface area contributed by atoms with Gasteiger partial charge < -0.3 is 0 Å². The molecule has 5 nitrogen and oxygen atoms in total. The summed E-state index contributed by atoms with van der Waals surface area (Å²) in [6.07, 6.45) is 1.52. The molecule has 5 rings (SSSR count). The van der Waals surface area contributed by atoms with Crippen LogP contribution < -0.4 is 5.43 Å². The first-order valence-electron chi connectivity index (χ1n) is 10.8. The molecular formula is C28H21ClN4O. The second-order valence-electron chi connectivity index (χ2n) is 7.91. The van der Waals surface area contributed by atoms with E-state index in [1.165, 1.54) is 6.21 Å². The van der Waals surface area contributed by atoms with Crippen LogP contribution in [0.15, 0.2) is 102 Å². The summed E-state index contributed by atoms with van der Waals surface area (Å²) in [5, 5.41) is 11.5. The van der Waals surface area contributed by atoms with Gasteiger partial charge in [0.25, 0.3) is 5.91 Å². The fraction of sp³-hybridized carbons (Fsp3) is 0.0357. The number of fused-ring (bicyclic) bond motifs is 1. The molecule has 4 aromatic carbocycles. The third-order valence-corrected chi connectivity index (χ3v) is 5.91. The SMILES string of the molecule is Cc1ccc(-n2nc(C(=O)N/N=C\c3ccccc3Cl)cc2-c2cccc3ccccc23)cc1. The summed E-state index contributed by atoms with van der Waals surface area (Å²) in [7, 11) is 0. The topological polar surface area (TPSA) is 59.3 Å². The molecule has 5 aromatic rings. The van der Waals surface area contributed by atoms with Crippen molar-refractivity contribution in [3.05, 3.63) is 119 Å². The zero-order valence-corrected chi connectivity index (χ0v) is 19.2. The Labute approximate surface area is 202 Å². The Hall–Kier alpha value is -4.22. The Morgan fingerprint density at radius 2 is 1.68 bits per heavy atom. The molecule has 6 heteroatoms. The molecule has 0 unspecified atom stereocenters. The predicted octanol–water partition coefficient (Wildman–Crippen LogP) is 6.42. The van der Waals surface area contributed by atoms with Crippen molar-refractivity contribution in [3.8, 4) is 16.9 Å². The molecule has 34 heavy (non-hydrogen) atoms. The maximum atomic E-state index is 12.9. The molecule has 1 heterocycles. The minimum absolute atomic E-state index is 0.264. The Kier molecular flexibility index (Phi) is 5.93. The van der Waals surface area contributed by atoms with Crippen LogP contribution in [-0.4, -0.2) is 21.9 Å². The van der Waals surface area contributed by atoms with Crippen LogP contribution in [0.25, 0.3) is 27.7 Å². The highest BCUT2D eigenvalue weighted by Crippen LogP contribution is 2.31. The highest BCUT2D eigenvalue weighted by molar-refractivity contribution is 6.33. The highest BCUT2D eigenvalue weighted by atomic mass is 35.5. The summed E-state index contributed by atoms with van der Waals surface area (Å²) in [5.74, 6) is -0.407. The van der Waals surface area contributed by atoms with Gasteiger partial charge >= 0.3 is 0 Å². The van der Waals surface area contributed by atoms with Crippen molar-refractivity contribution in [3.63, 3.8) is 0 Å². The van der Waals surface area contributed by atoms with Crippen LogP contribution in [0.4, 0.5) is 0 Å². The van der Waals surface area contributed by atoms with Crippen molar-refractivity contribution in [2.75, 3.05) is 0 Å². The number of hydrogen-bond acceptors (Lipinski definition) is 3. The van der Waals surface area contributed by atoms with Gasteiger partial charge in [-0.05, 0) is 42.0 Å². The lowest BCUT2D eigenvalue weighted by molar-refractivity contribution is 0.0949. The number of carbonyl (C=O) groups excluding carboxylic acids is 1. The molecule has 0 aliphatic rings. The maximum absolute atomic E-state index is 12.9. The number of nitrogens with one attached hydrogen (secondary N) is 1. The average Bonchev–Trinajstić information content (AvgIpc) is 3.31. The predicted molar refractivity (Wildman–Crippen MR) is 138 cm³/mol. The number of hydrogen-bond donors (Lipinski definition) is 1. The van der Waals surface area contributed by atoms with E-state index in [0.29, 0.717) is 10.6 Å². The van der Waals surface area contributed by atoms with Gasteiger partial charge in [0, 0.05) is 16.1 Å². The van der Waals surface area contributed by atoms with E-state index in [-0.39, 0.29) is 5.69 Å². The maximum Gasteiger partial charge on any atom is 0.291 e. The molecule has 0 saturated carbocycles. The van der Waals surface area contributed by atoms with Gasteiger partial charge in [-0.3, -0.25) is 4.79 Å². The summed E-state index contributed by atoms with van der Waals surface area (Å²) >= 11 is 6.16. The standard InChI is InChI=1S/C28H21ClN4O/c1-19-13-15-22(16-14-19)33-27(24-11-6-9-20-7-2-4-10-23(20)24)17-26(32-33)28(34)31-30-18-21-8-3-5-12-25(21)29/h2-18H,1H3,(H,31,34)/b30-18-. The zero-order valence-electron chi connectivity index (χ0n) is 18.4. The Morgan fingerprint density at radius 3 is 2.50 bits per heavy atom. The number of amides is 1. The van der Waals surface area contributed by atoms with Crippen LogP contribution in [-0.2, 0) is 0 Å². The van der Waals surface area contributed by atoms with Gasteiger partial charge in [-0.1, -0.05) is 90.0 Å². The first-order valence-corrected chi connectivity index (χ1v) is 11.2. The van der Waals surface area contributed by atoms with E-state index in [1.807, 2.05) is 73.7 Å². The number of aromatic nitrogens is 2. The molecule has 0 aliphatic heterocycles. The van der Waals surface area contributed by atoms with E-state index in [1.54, 1.807) is 16.8 Å². The molecule has 0 spiro atoms. The number of halogens is 1. The van der Waals surface area contributed by atoms with Gasteiger partial charge in [0.2, 0.25) is 0 Å². The smallest absolute Gasteiger partial charge is 0.265 e. The Bertz CT molecular complexity index is 1510. The van der Waals surface area contributed by atoms with Crippen molar-refractivity contribution in [2.24, 2.45) is 5.10 Å². The van der Waals surface area contributed by atoms with Crippen molar-refractivity contribution >= 4 is 34.5 Å². The molecule has 0 atom stereocenters. The van der Waals surface area contributed by atoms with Gasteiger partial charge in [-0.15, -0.1) is 0 Å². The summed E-state index contributed by atoms with van der Waals surface area (Å²) in [6.45, 7) is 2.04. The number of hydrazone groups is 1. The fourth-order valence-corrected chi connectivity index (χ4v) is 4.00. The molecule has 1 N–H and O–H groups in total. The van der Waals surface area contributed by atoms with E-state index < -0.39 is 5.91 Å². The number of benzene rings is 4. The van der Waals surface area contributed by atoms with Crippen LogP contribution in [0.1, 0.15) is 21.6 Å². The quantitative estimate of drug-likeness (QED) is 0.241. The number of aryl methyl sites for hydroxylation is 1. The lowest BCUT2D eigenvalue weighted by Gasteiger charge is -2.10. The molecule has 1 amide bonds. The Morgan fingerprint density at radius 1 is 0.941 bits per heavy atom. The van der Waals surface area contributed by atoms with Gasteiger partial charge in [-0.2, -0.15) is 10.2 Å². The van der Waals surface area contributed by atoms with E-state index >= 15 is 0 Å². The fourth-order valence-electron chi connectivity index (χ4n) is 3.81. The molecule has 0 bridgehead atoms. The van der Waals surface area contributed by atoms with Gasteiger partial charge in [0.15, 0.2) is 5.69 Å².